The van der Waals surface area contributed by atoms with Gasteiger partial charge in [-0.2, -0.15) is 0 Å². The van der Waals surface area contributed by atoms with Crippen LogP contribution in [0.25, 0.3) is 0 Å². The molecule has 1 aliphatic heterocycles. The second kappa shape index (κ2) is 4.97. The zero-order chi connectivity index (χ0) is 9.84. The lowest BCUT2D eigenvalue weighted by Crippen LogP contribution is -2.43. The second-order valence-corrected chi connectivity index (χ2v) is 4.87. The number of hydrogen-bond acceptors (Lipinski definition) is 2. The summed E-state index contributed by atoms with van der Waals surface area (Å²) < 4.78 is 0. The molecule has 0 saturated carbocycles. The van der Waals surface area contributed by atoms with Gasteiger partial charge in [-0.3, -0.25) is 0 Å². The molecule has 0 bridgehead atoms. The Labute approximate surface area is 82.9 Å². The molecule has 0 aliphatic carbocycles. The molecule has 0 radical (unpaired) electrons. The highest BCUT2D eigenvalue weighted by molar-refractivity contribution is 4.76. The molecule has 2 heteroatoms. The van der Waals surface area contributed by atoms with Gasteiger partial charge in [0.15, 0.2) is 0 Å². The fraction of sp³-hybridized carbons (Fsp3) is 1.00. The highest BCUT2D eigenvalue weighted by atomic mass is 15.2. The van der Waals surface area contributed by atoms with E-state index in [2.05, 4.69) is 37.7 Å². The van der Waals surface area contributed by atoms with Gasteiger partial charge in [0.05, 0.1) is 0 Å². The Kier molecular flexibility index (Phi) is 4.20. The highest BCUT2D eigenvalue weighted by Crippen LogP contribution is 2.14. The van der Waals surface area contributed by atoms with Gasteiger partial charge in [-0.25, -0.2) is 0 Å². The lowest BCUT2D eigenvalue weighted by atomic mass is 10.0. The van der Waals surface area contributed by atoms with Crippen molar-refractivity contribution in [2.45, 2.75) is 32.7 Å². The number of piperidine rings is 1. The third kappa shape index (κ3) is 3.65. The molecule has 0 N–H and O–H groups in total. The Hall–Kier alpha value is -0.0800. The standard InChI is InChI=1S/C11H24N2/c1-10(2)9-13(4)11-5-7-12(3)8-6-11/h10-11H,5-9H2,1-4H3. The molecule has 1 heterocycles. The van der Waals surface area contributed by atoms with Gasteiger partial charge in [-0.1, -0.05) is 13.8 Å². The maximum atomic E-state index is 2.54. The molecule has 0 amide bonds. The van der Waals surface area contributed by atoms with Crippen LogP contribution in [0.2, 0.25) is 0 Å². The van der Waals surface area contributed by atoms with Gasteiger partial charge in [-0.05, 0) is 45.9 Å². The molecule has 13 heavy (non-hydrogen) atoms. The Morgan fingerprint density at radius 3 is 2.31 bits per heavy atom. The second-order valence-electron chi connectivity index (χ2n) is 4.87. The van der Waals surface area contributed by atoms with E-state index in [-0.39, 0.29) is 0 Å². The van der Waals surface area contributed by atoms with Crippen LogP contribution in [0.4, 0.5) is 0 Å². The van der Waals surface area contributed by atoms with Crippen molar-refractivity contribution in [1.82, 2.24) is 9.80 Å². The highest BCUT2D eigenvalue weighted by Gasteiger charge is 2.20. The third-order valence-electron chi connectivity index (χ3n) is 2.96. The summed E-state index contributed by atoms with van der Waals surface area (Å²) in [5.74, 6) is 0.796. The lowest BCUT2D eigenvalue weighted by Gasteiger charge is -2.35. The van der Waals surface area contributed by atoms with Crippen molar-refractivity contribution in [2.24, 2.45) is 5.92 Å². The minimum atomic E-state index is 0.796. The zero-order valence-electron chi connectivity index (χ0n) is 9.58. The van der Waals surface area contributed by atoms with Gasteiger partial charge in [0.25, 0.3) is 0 Å². The fourth-order valence-corrected chi connectivity index (χ4v) is 2.16. The molecule has 1 saturated heterocycles. The normalized spacial score (nSPS) is 21.7. The van der Waals surface area contributed by atoms with E-state index in [0.29, 0.717) is 0 Å². The Morgan fingerprint density at radius 2 is 1.85 bits per heavy atom. The molecule has 0 atom stereocenters. The molecular weight excluding hydrogens is 160 g/mol. The van der Waals surface area contributed by atoms with Crippen molar-refractivity contribution in [2.75, 3.05) is 33.7 Å². The van der Waals surface area contributed by atoms with Gasteiger partial charge >= 0.3 is 0 Å². The number of rotatable bonds is 3. The van der Waals surface area contributed by atoms with Crippen LogP contribution in [0.1, 0.15) is 26.7 Å². The van der Waals surface area contributed by atoms with Crippen molar-refractivity contribution < 1.29 is 0 Å². The van der Waals surface area contributed by atoms with E-state index < -0.39 is 0 Å². The summed E-state index contributed by atoms with van der Waals surface area (Å²) in [4.78, 5) is 4.97. The van der Waals surface area contributed by atoms with Crippen LogP contribution in [0.5, 0.6) is 0 Å². The van der Waals surface area contributed by atoms with Crippen LogP contribution in [0.15, 0.2) is 0 Å². The molecule has 0 aromatic carbocycles. The summed E-state index contributed by atoms with van der Waals surface area (Å²) in [7, 11) is 4.49. The van der Waals surface area contributed by atoms with Crippen LogP contribution < -0.4 is 0 Å². The van der Waals surface area contributed by atoms with E-state index in [9.17, 15) is 0 Å². The van der Waals surface area contributed by atoms with Crippen molar-refractivity contribution in [3.63, 3.8) is 0 Å². The zero-order valence-corrected chi connectivity index (χ0v) is 9.58. The van der Waals surface area contributed by atoms with Crippen molar-refractivity contribution in [3.05, 3.63) is 0 Å². The van der Waals surface area contributed by atoms with Gasteiger partial charge < -0.3 is 9.80 Å². The van der Waals surface area contributed by atoms with Gasteiger partial charge in [-0.15, -0.1) is 0 Å². The molecule has 0 unspecified atom stereocenters. The predicted octanol–water partition coefficient (Wildman–Crippen LogP) is 1.67. The van der Waals surface area contributed by atoms with Crippen LogP contribution in [0.3, 0.4) is 0 Å². The smallest absolute Gasteiger partial charge is 0.0117 e. The topological polar surface area (TPSA) is 6.48 Å². The van der Waals surface area contributed by atoms with Gasteiger partial charge in [0.2, 0.25) is 0 Å². The Bertz CT molecular complexity index is 137. The molecule has 1 fully saturated rings. The monoisotopic (exact) mass is 184 g/mol. The quantitative estimate of drug-likeness (QED) is 0.658. The summed E-state index contributed by atoms with van der Waals surface area (Å²) in [5, 5.41) is 0. The summed E-state index contributed by atoms with van der Waals surface area (Å²) in [5.41, 5.74) is 0. The van der Waals surface area contributed by atoms with Gasteiger partial charge in [0.1, 0.15) is 0 Å². The number of hydrogen-bond donors (Lipinski definition) is 0. The van der Waals surface area contributed by atoms with Crippen LogP contribution in [-0.4, -0.2) is 49.6 Å². The Balaban J connectivity index is 2.27. The molecular formula is C11H24N2. The van der Waals surface area contributed by atoms with E-state index in [4.69, 9.17) is 0 Å². The number of likely N-dealkylation sites (tertiary alicyclic amines) is 1. The maximum absolute atomic E-state index is 2.54. The largest absolute Gasteiger partial charge is 0.306 e. The van der Waals surface area contributed by atoms with Crippen LogP contribution in [-0.2, 0) is 0 Å². The first-order chi connectivity index (χ1) is 6.09. The van der Waals surface area contributed by atoms with E-state index in [0.717, 1.165) is 12.0 Å². The van der Waals surface area contributed by atoms with Crippen molar-refractivity contribution in [3.8, 4) is 0 Å². The van der Waals surface area contributed by atoms with E-state index >= 15 is 0 Å². The van der Waals surface area contributed by atoms with Crippen molar-refractivity contribution in [1.29, 1.82) is 0 Å². The van der Waals surface area contributed by atoms with E-state index in [1.807, 2.05) is 0 Å². The molecule has 1 rings (SSSR count). The molecule has 78 valence electrons. The molecule has 2 nitrogen and oxygen atoms in total. The Morgan fingerprint density at radius 1 is 1.31 bits per heavy atom. The van der Waals surface area contributed by atoms with Crippen LogP contribution in [0, 0.1) is 5.92 Å². The average molecular weight is 184 g/mol. The summed E-state index contributed by atoms with van der Waals surface area (Å²) in [6.07, 6.45) is 2.69. The molecule has 1 aliphatic rings. The molecule has 0 aromatic heterocycles. The minimum Gasteiger partial charge on any atom is -0.306 e. The maximum Gasteiger partial charge on any atom is 0.0117 e. The summed E-state index contributed by atoms with van der Waals surface area (Å²) in [6.45, 7) is 8.38. The first-order valence-corrected chi connectivity index (χ1v) is 5.48. The van der Waals surface area contributed by atoms with Crippen LogP contribution >= 0.6 is 0 Å². The molecule has 0 spiro atoms. The van der Waals surface area contributed by atoms with Crippen molar-refractivity contribution >= 4 is 0 Å². The average Bonchev–Trinajstić information content (AvgIpc) is 2.04. The fourth-order valence-electron chi connectivity index (χ4n) is 2.16. The summed E-state index contributed by atoms with van der Waals surface area (Å²) >= 11 is 0. The molecule has 0 aromatic rings. The summed E-state index contributed by atoms with van der Waals surface area (Å²) in [6, 6.07) is 0.832. The lowest BCUT2D eigenvalue weighted by molar-refractivity contribution is 0.134. The van der Waals surface area contributed by atoms with E-state index in [1.54, 1.807) is 0 Å². The predicted molar refractivity (Wildman–Crippen MR) is 58.0 cm³/mol. The first kappa shape index (κ1) is 11.0. The minimum absolute atomic E-state index is 0.796. The SMILES string of the molecule is CC(C)CN(C)C1CCN(C)CC1. The van der Waals surface area contributed by atoms with Gasteiger partial charge in [0, 0.05) is 12.6 Å². The number of nitrogens with zero attached hydrogens (tertiary/aromatic N) is 2. The van der Waals surface area contributed by atoms with E-state index in [1.165, 1.54) is 32.5 Å². The third-order valence-corrected chi connectivity index (χ3v) is 2.96. The first-order valence-electron chi connectivity index (χ1n) is 5.48.